The molecule has 4 rings (SSSR count). The summed E-state index contributed by atoms with van der Waals surface area (Å²) in [4.78, 5) is 12.2. The number of benzene rings is 2. The van der Waals surface area contributed by atoms with Gasteiger partial charge in [0.2, 0.25) is 11.9 Å². The highest BCUT2D eigenvalue weighted by Crippen LogP contribution is 2.38. The number of carbonyl (C=O) groups is 1. The van der Waals surface area contributed by atoms with Gasteiger partial charge in [0.25, 0.3) is 0 Å². The molecule has 0 radical (unpaired) electrons. The van der Waals surface area contributed by atoms with Crippen molar-refractivity contribution in [3.63, 3.8) is 0 Å². The van der Waals surface area contributed by atoms with Gasteiger partial charge in [-0.05, 0) is 48.0 Å². The number of hydrogen-bond acceptors (Lipinski definition) is 7. The second kappa shape index (κ2) is 8.65. The van der Waals surface area contributed by atoms with E-state index in [0.717, 1.165) is 11.1 Å². The summed E-state index contributed by atoms with van der Waals surface area (Å²) in [5, 5.41) is 15.3. The zero-order valence-electron chi connectivity index (χ0n) is 17.0. The Labute approximate surface area is 183 Å². The molecule has 0 bridgehead atoms. The lowest BCUT2D eigenvalue weighted by atomic mass is 9.95. The van der Waals surface area contributed by atoms with Crippen LogP contribution in [0, 0.1) is 0 Å². The van der Waals surface area contributed by atoms with E-state index in [9.17, 15) is 4.79 Å². The van der Waals surface area contributed by atoms with Crippen molar-refractivity contribution >= 4 is 23.5 Å². The highest BCUT2D eigenvalue weighted by atomic mass is 35.5. The van der Waals surface area contributed by atoms with Crippen molar-refractivity contribution in [3.8, 4) is 11.5 Å². The Bertz CT molecular complexity index is 1160. The molecule has 1 aliphatic heterocycles. The molecule has 2 heterocycles. The average molecular weight is 441 g/mol. The van der Waals surface area contributed by atoms with Crippen molar-refractivity contribution in [1.29, 1.82) is 0 Å². The number of amides is 1. The van der Waals surface area contributed by atoms with Gasteiger partial charge in [0.05, 0.1) is 12.2 Å². The maximum atomic E-state index is 12.2. The van der Waals surface area contributed by atoms with Gasteiger partial charge in [-0.3, -0.25) is 4.79 Å². The van der Waals surface area contributed by atoms with E-state index in [1.54, 1.807) is 13.0 Å². The van der Waals surface area contributed by atoms with Crippen molar-refractivity contribution in [3.05, 3.63) is 69.9 Å². The molecule has 1 amide bonds. The first kappa shape index (κ1) is 20.7. The molecular formula is C21H21ClN6O3. The number of tetrazole rings is 1. The van der Waals surface area contributed by atoms with Gasteiger partial charge in [-0.2, -0.15) is 4.68 Å². The molecule has 31 heavy (non-hydrogen) atoms. The van der Waals surface area contributed by atoms with Gasteiger partial charge in [0.1, 0.15) is 12.6 Å². The molecule has 1 aromatic heterocycles. The largest absolute Gasteiger partial charge is 0.490 e. The summed E-state index contributed by atoms with van der Waals surface area (Å²) in [6.07, 6.45) is 0. The quantitative estimate of drug-likeness (QED) is 0.579. The van der Waals surface area contributed by atoms with Crippen molar-refractivity contribution < 1.29 is 14.3 Å². The number of hydrogen-bond donors (Lipinski definition) is 2. The minimum absolute atomic E-state index is 0.287. The van der Waals surface area contributed by atoms with Gasteiger partial charge >= 0.3 is 0 Å². The first-order chi connectivity index (χ1) is 15.0. The predicted molar refractivity (Wildman–Crippen MR) is 115 cm³/mol. The number of rotatable bonds is 7. The molecule has 0 spiro atoms. The smallest absolute Gasteiger partial charge is 0.248 e. The van der Waals surface area contributed by atoms with E-state index in [-0.39, 0.29) is 6.61 Å². The van der Waals surface area contributed by atoms with E-state index >= 15 is 0 Å². The fourth-order valence-corrected chi connectivity index (χ4v) is 3.68. The summed E-state index contributed by atoms with van der Waals surface area (Å²) in [7, 11) is 0. The Morgan fingerprint density at radius 2 is 2.03 bits per heavy atom. The second-order valence-electron chi connectivity index (χ2n) is 6.90. The van der Waals surface area contributed by atoms with Crippen LogP contribution in [0.25, 0.3) is 0 Å². The van der Waals surface area contributed by atoms with Gasteiger partial charge in [0, 0.05) is 16.3 Å². The fourth-order valence-electron chi connectivity index (χ4n) is 3.49. The number of anilines is 1. The zero-order valence-corrected chi connectivity index (χ0v) is 17.8. The van der Waals surface area contributed by atoms with E-state index in [0.29, 0.717) is 40.3 Å². The van der Waals surface area contributed by atoms with Gasteiger partial charge in [-0.15, -0.1) is 0 Å². The highest BCUT2D eigenvalue weighted by Gasteiger charge is 2.33. The van der Waals surface area contributed by atoms with Crippen LogP contribution in [0.3, 0.4) is 0 Å². The number of primary amides is 1. The number of aromatic nitrogens is 4. The van der Waals surface area contributed by atoms with Crippen LogP contribution in [0.1, 0.15) is 31.0 Å². The monoisotopic (exact) mass is 440 g/mol. The summed E-state index contributed by atoms with van der Waals surface area (Å²) < 4.78 is 13.3. The zero-order chi connectivity index (χ0) is 22.0. The third kappa shape index (κ3) is 4.04. The number of halogens is 1. The normalized spacial score (nSPS) is 15.3. The number of carbonyl (C=O) groups excluding carboxylic acids is 1. The summed E-state index contributed by atoms with van der Waals surface area (Å²) in [5.74, 6) is 0.942. The molecule has 160 valence electrons. The molecule has 0 saturated carbocycles. The number of nitrogens with two attached hydrogens (primary N) is 1. The van der Waals surface area contributed by atoms with Gasteiger partial charge < -0.3 is 20.5 Å². The molecule has 0 fully saturated rings. The molecule has 3 N–H and O–H groups in total. The van der Waals surface area contributed by atoms with E-state index in [4.69, 9.17) is 26.8 Å². The average Bonchev–Trinajstić information content (AvgIpc) is 3.21. The molecule has 1 atom stereocenters. The number of fused-ring (bicyclic) bond motifs is 1. The molecule has 1 aliphatic rings. The van der Waals surface area contributed by atoms with Crippen LogP contribution in [0.15, 0.2) is 53.7 Å². The van der Waals surface area contributed by atoms with Crippen molar-refractivity contribution in [1.82, 2.24) is 20.2 Å². The molecule has 1 unspecified atom stereocenters. The number of nitrogens with one attached hydrogen (secondary N) is 1. The predicted octanol–water partition coefficient (Wildman–Crippen LogP) is 3.08. The topological polar surface area (TPSA) is 117 Å². The molecule has 9 nitrogen and oxygen atoms in total. The molecule has 2 aromatic carbocycles. The fraction of sp³-hybridized carbons (Fsp3) is 0.238. The van der Waals surface area contributed by atoms with Crippen molar-refractivity contribution in [2.24, 2.45) is 5.73 Å². The van der Waals surface area contributed by atoms with Gasteiger partial charge in [0.15, 0.2) is 11.5 Å². The number of nitrogens with zero attached hydrogens (tertiary/aromatic N) is 4. The lowest BCUT2D eigenvalue weighted by molar-refractivity contribution is -0.115. The Hall–Kier alpha value is -3.59. The number of ether oxygens (including phenoxy) is 2. The maximum absolute atomic E-state index is 12.2. The summed E-state index contributed by atoms with van der Waals surface area (Å²) in [5.41, 5.74) is 8.23. The molecule has 0 saturated heterocycles. The molecule has 10 heteroatoms. The molecular weight excluding hydrogens is 420 g/mol. The standard InChI is InChI=1S/C21H21ClN6O3/c1-3-30-17-10-13(8-9-16(17)31-11-14-6-4-5-7-15(14)22)19-18(20(23)29)12(2)24-21-25-26-27-28(19)21/h4-10,19H,3,11H2,1-2H3,(H2,23,29)(H,24,25,27). The summed E-state index contributed by atoms with van der Waals surface area (Å²) in [6, 6.07) is 12.3. The van der Waals surface area contributed by atoms with Gasteiger partial charge in [-0.25, -0.2) is 0 Å². The minimum atomic E-state index is -0.597. The Balaban J connectivity index is 1.70. The second-order valence-corrected chi connectivity index (χ2v) is 7.30. The first-order valence-corrected chi connectivity index (χ1v) is 10.1. The SMILES string of the molecule is CCOc1cc(C2C(C(N)=O)=C(C)Nc3nnnn32)ccc1OCc1ccccc1Cl. The molecule has 3 aromatic rings. The van der Waals surface area contributed by atoms with E-state index < -0.39 is 11.9 Å². The maximum Gasteiger partial charge on any atom is 0.248 e. The van der Waals surface area contributed by atoms with E-state index in [1.807, 2.05) is 43.3 Å². The minimum Gasteiger partial charge on any atom is -0.490 e. The Morgan fingerprint density at radius 3 is 2.77 bits per heavy atom. The van der Waals surface area contributed by atoms with E-state index in [2.05, 4.69) is 20.8 Å². The van der Waals surface area contributed by atoms with Crippen LogP contribution >= 0.6 is 11.6 Å². The third-order valence-electron chi connectivity index (χ3n) is 4.90. The van der Waals surface area contributed by atoms with Crippen LogP contribution in [0.2, 0.25) is 5.02 Å². The van der Waals surface area contributed by atoms with Crippen LogP contribution < -0.4 is 20.5 Å². The van der Waals surface area contributed by atoms with Crippen LogP contribution in [0.5, 0.6) is 11.5 Å². The summed E-state index contributed by atoms with van der Waals surface area (Å²) in [6.45, 7) is 4.37. The first-order valence-electron chi connectivity index (χ1n) is 9.68. The van der Waals surface area contributed by atoms with Gasteiger partial charge in [-0.1, -0.05) is 41.0 Å². The Morgan fingerprint density at radius 1 is 1.23 bits per heavy atom. The molecule has 0 aliphatic carbocycles. The highest BCUT2D eigenvalue weighted by molar-refractivity contribution is 6.31. The van der Waals surface area contributed by atoms with Crippen LogP contribution in [-0.4, -0.2) is 32.7 Å². The summed E-state index contributed by atoms with van der Waals surface area (Å²) >= 11 is 6.23. The van der Waals surface area contributed by atoms with Crippen LogP contribution in [-0.2, 0) is 11.4 Å². The Kier molecular flexibility index (Phi) is 5.77. The lowest BCUT2D eigenvalue weighted by Crippen LogP contribution is -2.31. The van der Waals surface area contributed by atoms with E-state index in [1.165, 1.54) is 4.68 Å². The van der Waals surface area contributed by atoms with Crippen LogP contribution in [0.4, 0.5) is 5.95 Å². The van der Waals surface area contributed by atoms with Crippen molar-refractivity contribution in [2.75, 3.05) is 11.9 Å². The number of allylic oxidation sites excluding steroid dienone is 1. The van der Waals surface area contributed by atoms with Crippen molar-refractivity contribution in [2.45, 2.75) is 26.5 Å². The lowest BCUT2D eigenvalue weighted by Gasteiger charge is -2.27. The third-order valence-corrected chi connectivity index (χ3v) is 5.27.